The second-order valence-corrected chi connectivity index (χ2v) is 5.62. The Bertz CT molecular complexity index is 739. The van der Waals surface area contributed by atoms with Crippen molar-refractivity contribution in [1.82, 2.24) is 14.9 Å². The van der Waals surface area contributed by atoms with Crippen LogP contribution in [0, 0.1) is 19.7 Å². The Hall–Kier alpha value is -2.01. The summed E-state index contributed by atoms with van der Waals surface area (Å²) in [5.74, 6) is 0.470. The highest BCUT2D eigenvalue weighted by atomic mass is 19.1. The van der Waals surface area contributed by atoms with E-state index in [1.54, 1.807) is 26.0 Å². The van der Waals surface area contributed by atoms with E-state index in [4.69, 9.17) is 0 Å². The number of aryl methyl sites for hydroxylation is 2. The predicted octanol–water partition coefficient (Wildman–Crippen LogP) is 2.08. The summed E-state index contributed by atoms with van der Waals surface area (Å²) in [5, 5.41) is 0. The van der Waals surface area contributed by atoms with Crippen LogP contribution in [0.15, 0.2) is 23.0 Å². The van der Waals surface area contributed by atoms with Crippen molar-refractivity contribution in [3.8, 4) is 0 Å². The zero-order valence-electron chi connectivity index (χ0n) is 12.2. The Morgan fingerprint density at radius 3 is 2.95 bits per heavy atom. The molecule has 4 nitrogen and oxygen atoms in total. The summed E-state index contributed by atoms with van der Waals surface area (Å²) in [5.41, 5.74) is 3.20. The van der Waals surface area contributed by atoms with E-state index in [-0.39, 0.29) is 11.4 Å². The fourth-order valence-electron chi connectivity index (χ4n) is 2.75. The third-order valence-corrected chi connectivity index (χ3v) is 3.91. The monoisotopic (exact) mass is 287 g/mol. The van der Waals surface area contributed by atoms with E-state index in [0.29, 0.717) is 30.9 Å². The summed E-state index contributed by atoms with van der Waals surface area (Å²) >= 11 is 0. The molecular formula is C16H18FN3O. The van der Waals surface area contributed by atoms with Crippen molar-refractivity contribution < 1.29 is 4.39 Å². The zero-order chi connectivity index (χ0) is 15.0. The van der Waals surface area contributed by atoms with Gasteiger partial charge in [-0.2, -0.15) is 0 Å². The Morgan fingerprint density at radius 1 is 1.38 bits per heavy atom. The number of hydrogen-bond donors (Lipinski definition) is 1. The summed E-state index contributed by atoms with van der Waals surface area (Å²) in [6.07, 6.45) is 0.687. The van der Waals surface area contributed by atoms with Crippen LogP contribution in [0.25, 0.3) is 0 Å². The first-order chi connectivity index (χ1) is 10.0. The van der Waals surface area contributed by atoms with Gasteiger partial charge in [-0.15, -0.1) is 0 Å². The number of fused-ring (bicyclic) bond motifs is 1. The van der Waals surface area contributed by atoms with Crippen molar-refractivity contribution in [2.45, 2.75) is 33.4 Å². The second kappa shape index (κ2) is 5.41. The Balaban J connectivity index is 1.80. The summed E-state index contributed by atoms with van der Waals surface area (Å²) in [6, 6.07) is 5.33. The molecule has 1 aliphatic rings. The molecule has 1 N–H and O–H groups in total. The summed E-state index contributed by atoms with van der Waals surface area (Å²) in [4.78, 5) is 21.2. The molecule has 0 amide bonds. The van der Waals surface area contributed by atoms with Crippen molar-refractivity contribution in [2.75, 3.05) is 6.54 Å². The highest BCUT2D eigenvalue weighted by Crippen LogP contribution is 2.17. The highest BCUT2D eigenvalue weighted by Gasteiger charge is 2.20. The molecule has 0 fully saturated rings. The van der Waals surface area contributed by atoms with Gasteiger partial charge in [-0.1, -0.05) is 12.1 Å². The molecule has 1 aromatic carbocycles. The van der Waals surface area contributed by atoms with Gasteiger partial charge in [0, 0.05) is 25.2 Å². The van der Waals surface area contributed by atoms with Crippen LogP contribution in [-0.4, -0.2) is 21.4 Å². The number of halogens is 1. The standard InChI is InChI=1S/C16H18FN3O/c1-10-3-4-12(7-14(10)17)8-20-6-5-13-15(9-20)18-11(2)19-16(13)21/h3-4,7H,5-6,8-9H2,1-2H3,(H,18,19,21). The number of aromatic nitrogens is 2. The molecule has 0 saturated carbocycles. The number of hydrogen-bond acceptors (Lipinski definition) is 3. The van der Waals surface area contributed by atoms with Gasteiger partial charge < -0.3 is 4.98 Å². The van der Waals surface area contributed by atoms with Crippen LogP contribution in [0.3, 0.4) is 0 Å². The molecule has 3 rings (SSSR count). The largest absolute Gasteiger partial charge is 0.311 e. The molecule has 0 unspecified atom stereocenters. The maximum atomic E-state index is 13.6. The third-order valence-electron chi connectivity index (χ3n) is 3.91. The fraction of sp³-hybridized carbons (Fsp3) is 0.375. The first-order valence-electron chi connectivity index (χ1n) is 7.09. The molecule has 0 aliphatic carbocycles. The zero-order valence-corrected chi connectivity index (χ0v) is 12.2. The van der Waals surface area contributed by atoms with Gasteiger partial charge in [-0.05, 0) is 37.5 Å². The smallest absolute Gasteiger partial charge is 0.254 e. The number of benzene rings is 1. The Labute approximate surface area is 122 Å². The van der Waals surface area contributed by atoms with Crippen LogP contribution in [0.2, 0.25) is 0 Å². The van der Waals surface area contributed by atoms with Gasteiger partial charge in [0.2, 0.25) is 0 Å². The van der Waals surface area contributed by atoms with E-state index >= 15 is 0 Å². The van der Waals surface area contributed by atoms with Crippen molar-refractivity contribution >= 4 is 0 Å². The second-order valence-electron chi connectivity index (χ2n) is 5.62. The van der Waals surface area contributed by atoms with Crippen LogP contribution < -0.4 is 5.56 Å². The predicted molar refractivity (Wildman–Crippen MR) is 78.5 cm³/mol. The average molecular weight is 287 g/mol. The molecular weight excluding hydrogens is 269 g/mol. The summed E-state index contributed by atoms with van der Waals surface area (Å²) in [6.45, 7) is 5.64. The van der Waals surface area contributed by atoms with Gasteiger partial charge in [-0.25, -0.2) is 9.37 Å². The Kier molecular flexibility index (Phi) is 3.59. The van der Waals surface area contributed by atoms with Crippen molar-refractivity contribution in [2.24, 2.45) is 0 Å². The number of aromatic amines is 1. The molecule has 0 radical (unpaired) electrons. The van der Waals surface area contributed by atoms with Gasteiger partial charge in [-0.3, -0.25) is 9.69 Å². The van der Waals surface area contributed by atoms with Gasteiger partial charge in [0.15, 0.2) is 0 Å². The fourth-order valence-corrected chi connectivity index (χ4v) is 2.75. The lowest BCUT2D eigenvalue weighted by atomic mass is 10.1. The van der Waals surface area contributed by atoms with Crippen molar-refractivity contribution in [1.29, 1.82) is 0 Å². The normalized spacial score (nSPS) is 15.0. The molecule has 0 atom stereocenters. The minimum Gasteiger partial charge on any atom is -0.311 e. The maximum absolute atomic E-state index is 13.6. The van der Waals surface area contributed by atoms with Crippen molar-refractivity contribution in [3.63, 3.8) is 0 Å². The molecule has 1 aliphatic heterocycles. The molecule has 1 aromatic heterocycles. The van der Waals surface area contributed by atoms with E-state index in [2.05, 4.69) is 14.9 Å². The number of H-pyrrole nitrogens is 1. The Morgan fingerprint density at radius 2 is 2.19 bits per heavy atom. The topological polar surface area (TPSA) is 49.0 Å². The molecule has 5 heteroatoms. The van der Waals surface area contributed by atoms with E-state index in [1.807, 2.05) is 6.07 Å². The first kappa shape index (κ1) is 13.9. The van der Waals surface area contributed by atoms with E-state index in [1.165, 1.54) is 0 Å². The van der Waals surface area contributed by atoms with Crippen LogP contribution in [0.4, 0.5) is 4.39 Å². The SMILES string of the molecule is Cc1nc2c(c(=O)[nH]1)CCN(Cc1ccc(C)c(F)c1)C2. The molecule has 2 aromatic rings. The van der Waals surface area contributed by atoms with Crippen LogP contribution in [-0.2, 0) is 19.5 Å². The lowest BCUT2D eigenvalue weighted by Crippen LogP contribution is -2.35. The van der Waals surface area contributed by atoms with E-state index < -0.39 is 0 Å². The number of nitrogens with one attached hydrogen (secondary N) is 1. The molecule has 2 heterocycles. The lowest BCUT2D eigenvalue weighted by molar-refractivity contribution is 0.240. The molecule has 110 valence electrons. The molecule has 21 heavy (non-hydrogen) atoms. The average Bonchev–Trinajstić information content (AvgIpc) is 2.42. The minimum atomic E-state index is -0.171. The van der Waals surface area contributed by atoms with Crippen molar-refractivity contribution in [3.05, 3.63) is 62.6 Å². The van der Waals surface area contributed by atoms with Crippen LogP contribution in [0.5, 0.6) is 0 Å². The van der Waals surface area contributed by atoms with E-state index in [0.717, 1.165) is 23.4 Å². The van der Waals surface area contributed by atoms with Crippen LogP contribution >= 0.6 is 0 Å². The van der Waals surface area contributed by atoms with Gasteiger partial charge in [0.25, 0.3) is 5.56 Å². The minimum absolute atomic E-state index is 0.0291. The number of nitrogens with zero attached hydrogens (tertiary/aromatic N) is 2. The third kappa shape index (κ3) is 2.88. The van der Waals surface area contributed by atoms with Gasteiger partial charge in [0.05, 0.1) is 5.69 Å². The van der Waals surface area contributed by atoms with Gasteiger partial charge in [0.1, 0.15) is 11.6 Å². The highest BCUT2D eigenvalue weighted by molar-refractivity contribution is 5.25. The number of rotatable bonds is 2. The quantitative estimate of drug-likeness (QED) is 0.920. The molecule has 0 saturated heterocycles. The maximum Gasteiger partial charge on any atom is 0.254 e. The first-order valence-corrected chi connectivity index (χ1v) is 7.09. The summed E-state index contributed by atoms with van der Waals surface area (Å²) in [7, 11) is 0. The molecule has 0 bridgehead atoms. The van der Waals surface area contributed by atoms with E-state index in [9.17, 15) is 9.18 Å². The van der Waals surface area contributed by atoms with Gasteiger partial charge >= 0.3 is 0 Å². The lowest BCUT2D eigenvalue weighted by Gasteiger charge is -2.27. The van der Waals surface area contributed by atoms with Crippen LogP contribution in [0.1, 0.15) is 28.2 Å². The molecule has 0 spiro atoms. The summed E-state index contributed by atoms with van der Waals surface area (Å²) < 4.78 is 13.6.